The molecule has 0 aliphatic heterocycles. The molecule has 0 aromatic heterocycles. The van der Waals surface area contributed by atoms with E-state index in [1.807, 2.05) is 6.92 Å². The van der Waals surface area contributed by atoms with Gasteiger partial charge < -0.3 is 9.47 Å². The number of halogens is 3. The fourth-order valence-electron chi connectivity index (χ4n) is 1.59. The molecule has 3 nitrogen and oxygen atoms in total. The summed E-state index contributed by atoms with van der Waals surface area (Å²) in [4.78, 5) is 11.3. The normalized spacial score (nSPS) is 10.6. The lowest BCUT2D eigenvalue weighted by Crippen LogP contribution is -2.12. The van der Waals surface area contributed by atoms with Crippen LogP contribution in [0.2, 0.25) is 0 Å². The first-order chi connectivity index (χ1) is 8.49. The number of esters is 1. The highest BCUT2D eigenvalue weighted by molar-refractivity contribution is 9.08. The second-order valence-corrected chi connectivity index (χ2v) is 4.16. The van der Waals surface area contributed by atoms with Crippen LogP contribution in [0.3, 0.4) is 0 Å². The highest BCUT2D eigenvalue weighted by Crippen LogP contribution is 2.29. The molecule has 18 heavy (non-hydrogen) atoms. The third-order valence-electron chi connectivity index (χ3n) is 2.52. The van der Waals surface area contributed by atoms with Crippen molar-refractivity contribution in [2.24, 2.45) is 0 Å². The summed E-state index contributed by atoms with van der Waals surface area (Å²) in [7, 11) is 1.25. The Hall–Kier alpha value is -1.17. The maximum atomic E-state index is 12.3. The lowest BCUT2D eigenvalue weighted by atomic mass is 10.00. The third kappa shape index (κ3) is 3.66. The van der Waals surface area contributed by atoms with E-state index in [0.29, 0.717) is 10.9 Å². The molecule has 6 heteroatoms. The summed E-state index contributed by atoms with van der Waals surface area (Å²) in [6.07, 6.45) is -0.0961. The van der Waals surface area contributed by atoms with Gasteiger partial charge in [0.25, 0.3) is 0 Å². The van der Waals surface area contributed by atoms with Crippen molar-refractivity contribution in [2.75, 3.05) is 7.11 Å². The van der Waals surface area contributed by atoms with E-state index in [0.717, 1.165) is 11.1 Å². The Balaban J connectivity index is 3.20. The number of ether oxygens (including phenoxy) is 2. The quantitative estimate of drug-likeness (QED) is 0.617. The molecule has 0 aliphatic carbocycles. The minimum Gasteiger partial charge on any atom is -0.469 e. The van der Waals surface area contributed by atoms with Gasteiger partial charge in [0.15, 0.2) is 0 Å². The van der Waals surface area contributed by atoms with Crippen molar-refractivity contribution in [3.8, 4) is 5.75 Å². The van der Waals surface area contributed by atoms with Crippen LogP contribution in [0.15, 0.2) is 12.1 Å². The molecular weight excluding hydrogens is 310 g/mol. The molecule has 0 saturated heterocycles. The van der Waals surface area contributed by atoms with Crippen molar-refractivity contribution >= 4 is 21.9 Å². The maximum absolute atomic E-state index is 12.3. The van der Waals surface area contributed by atoms with Gasteiger partial charge in [0.05, 0.1) is 13.5 Å². The number of carbonyl (C=O) groups excluding carboxylic acids is 1. The van der Waals surface area contributed by atoms with Crippen LogP contribution >= 0.6 is 15.9 Å². The Morgan fingerprint density at radius 1 is 1.39 bits per heavy atom. The number of hydrogen-bond acceptors (Lipinski definition) is 3. The summed E-state index contributed by atoms with van der Waals surface area (Å²) in [5.74, 6) is -0.489. The predicted molar refractivity (Wildman–Crippen MR) is 66.2 cm³/mol. The summed E-state index contributed by atoms with van der Waals surface area (Å²) < 4.78 is 33.6. The Bertz CT molecular complexity index is 436. The smallest absolute Gasteiger partial charge is 0.387 e. The Kier molecular flexibility index (Phi) is 5.53. The molecule has 0 heterocycles. The van der Waals surface area contributed by atoms with E-state index in [-0.39, 0.29) is 12.2 Å². The van der Waals surface area contributed by atoms with Gasteiger partial charge in [-0.1, -0.05) is 22.0 Å². The molecule has 0 atom stereocenters. The number of hydrogen-bond donors (Lipinski definition) is 0. The predicted octanol–water partition coefficient (Wildman–Crippen LogP) is 3.21. The zero-order valence-electron chi connectivity index (χ0n) is 10.0. The summed E-state index contributed by atoms with van der Waals surface area (Å²) in [5.41, 5.74) is 2.09. The number of rotatable bonds is 5. The molecule has 0 amide bonds. The van der Waals surface area contributed by atoms with Crippen LogP contribution in [0.5, 0.6) is 5.75 Å². The van der Waals surface area contributed by atoms with Gasteiger partial charge in [-0.3, -0.25) is 4.79 Å². The van der Waals surface area contributed by atoms with Crippen molar-refractivity contribution in [1.82, 2.24) is 0 Å². The molecule has 0 bridgehead atoms. The zero-order valence-corrected chi connectivity index (χ0v) is 11.6. The molecule has 0 spiro atoms. The Morgan fingerprint density at radius 3 is 2.56 bits per heavy atom. The first kappa shape index (κ1) is 14.9. The molecule has 0 saturated carbocycles. The van der Waals surface area contributed by atoms with E-state index in [9.17, 15) is 13.6 Å². The summed E-state index contributed by atoms with van der Waals surface area (Å²) in [6, 6.07) is 3.11. The summed E-state index contributed by atoms with van der Waals surface area (Å²) in [5, 5.41) is 0.450. The monoisotopic (exact) mass is 322 g/mol. The van der Waals surface area contributed by atoms with E-state index in [2.05, 4.69) is 25.4 Å². The van der Waals surface area contributed by atoms with E-state index < -0.39 is 12.6 Å². The first-order valence-corrected chi connectivity index (χ1v) is 6.30. The molecule has 0 radical (unpaired) electrons. The zero-order chi connectivity index (χ0) is 13.7. The highest BCUT2D eigenvalue weighted by atomic mass is 79.9. The van der Waals surface area contributed by atoms with Gasteiger partial charge in [-0.25, -0.2) is 0 Å². The van der Waals surface area contributed by atoms with Crippen molar-refractivity contribution in [1.29, 1.82) is 0 Å². The van der Waals surface area contributed by atoms with Crippen LogP contribution in [0.25, 0.3) is 0 Å². The summed E-state index contributed by atoms with van der Waals surface area (Å²) >= 11 is 3.28. The molecule has 1 rings (SSSR count). The van der Waals surface area contributed by atoms with Gasteiger partial charge in [-0.15, -0.1) is 0 Å². The van der Waals surface area contributed by atoms with Crippen LogP contribution in [-0.2, 0) is 21.3 Å². The molecular formula is C12H13BrF2O3. The lowest BCUT2D eigenvalue weighted by molar-refractivity contribution is -0.139. The number of carbonyl (C=O) groups is 1. The van der Waals surface area contributed by atoms with Crippen molar-refractivity contribution < 1.29 is 23.0 Å². The molecule has 0 fully saturated rings. The topological polar surface area (TPSA) is 35.5 Å². The number of aryl methyl sites for hydroxylation is 1. The van der Waals surface area contributed by atoms with Crippen LogP contribution in [0.4, 0.5) is 8.78 Å². The maximum Gasteiger partial charge on any atom is 0.387 e. The minimum absolute atomic E-state index is 0.00968. The fraction of sp³-hybridized carbons (Fsp3) is 0.417. The lowest BCUT2D eigenvalue weighted by Gasteiger charge is -2.15. The SMILES string of the molecule is COC(=O)Cc1c(OC(F)F)ccc(C)c1CBr. The molecule has 0 N–H and O–H groups in total. The highest BCUT2D eigenvalue weighted by Gasteiger charge is 2.17. The average Bonchev–Trinajstić information content (AvgIpc) is 2.32. The van der Waals surface area contributed by atoms with Crippen molar-refractivity contribution in [2.45, 2.75) is 25.3 Å². The van der Waals surface area contributed by atoms with Crippen molar-refractivity contribution in [3.05, 3.63) is 28.8 Å². The standard InChI is InChI=1S/C12H13BrF2O3/c1-7-3-4-10(18-12(14)15)8(9(7)6-13)5-11(16)17-2/h3-4,12H,5-6H2,1-2H3. The first-order valence-electron chi connectivity index (χ1n) is 5.18. The third-order valence-corrected chi connectivity index (χ3v) is 3.08. The van der Waals surface area contributed by atoms with Gasteiger partial charge in [0.1, 0.15) is 5.75 Å². The molecule has 1 aromatic rings. The van der Waals surface area contributed by atoms with Gasteiger partial charge in [0.2, 0.25) is 0 Å². The van der Waals surface area contributed by atoms with Crippen molar-refractivity contribution in [3.63, 3.8) is 0 Å². The molecule has 0 aliphatic rings. The van der Waals surface area contributed by atoms with Crippen LogP contribution in [0.1, 0.15) is 16.7 Å². The van der Waals surface area contributed by atoms with Gasteiger partial charge in [-0.05, 0) is 24.1 Å². The van der Waals surface area contributed by atoms with Crippen LogP contribution in [0, 0.1) is 6.92 Å². The number of alkyl halides is 3. The minimum atomic E-state index is -2.92. The van der Waals surface area contributed by atoms with E-state index in [1.54, 1.807) is 6.07 Å². The second kappa shape index (κ2) is 6.68. The molecule has 1 aromatic carbocycles. The molecule has 0 unspecified atom stereocenters. The van der Waals surface area contributed by atoms with Gasteiger partial charge in [0, 0.05) is 10.9 Å². The number of benzene rings is 1. The molecule has 100 valence electrons. The van der Waals surface area contributed by atoms with E-state index in [4.69, 9.17) is 0 Å². The Morgan fingerprint density at radius 2 is 2.06 bits per heavy atom. The van der Waals surface area contributed by atoms with Gasteiger partial charge in [-0.2, -0.15) is 8.78 Å². The van der Waals surface area contributed by atoms with Crippen LogP contribution in [-0.4, -0.2) is 19.7 Å². The number of methoxy groups -OCH3 is 1. The summed E-state index contributed by atoms with van der Waals surface area (Å²) in [6.45, 7) is -1.09. The van der Waals surface area contributed by atoms with E-state index in [1.165, 1.54) is 13.2 Å². The van der Waals surface area contributed by atoms with Crippen LogP contribution < -0.4 is 4.74 Å². The Labute approximate surface area is 112 Å². The average molecular weight is 323 g/mol. The van der Waals surface area contributed by atoms with Gasteiger partial charge >= 0.3 is 12.6 Å². The fourth-order valence-corrected chi connectivity index (χ4v) is 2.37. The van der Waals surface area contributed by atoms with E-state index >= 15 is 0 Å². The second-order valence-electron chi connectivity index (χ2n) is 3.60. The largest absolute Gasteiger partial charge is 0.469 e.